The Balaban J connectivity index is 4.36. The number of ether oxygens (including phenoxy) is 2. The van der Waals surface area contributed by atoms with E-state index in [1.807, 2.05) is 6.08 Å². The van der Waals surface area contributed by atoms with Crippen LogP contribution in [0.5, 0.6) is 0 Å². The Morgan fingerprint density at radius 2 is 1.10 bits per heavy atom. The van der Waals surface area contributed by atoms with Gasteiger partial charge in [-0.2, -0.15) is 0 Å². The topological polar surface area (TPSA) is 120 Å². The molecule has 0 heterocycles. The molecule has 0 fully saturated rings. The van der Waals surface area contributed by atoms with Crippen LogP contribution in [0.3, 0.4) is 0 Å². The van der Waals surface area contributed by atoms with E-state index >= 15 is 0 Å². The van der Waals surface area contributed by atoms with Gasteiger partial charge < -0.3 is 19.7 Å². The third-order valence-corrected chi connectivity index (χ3v) is 9.25. The molecule has 0 saturated carbocycles. The normalized spacial score (nSPS) is 13.8. The molecule has 0 aliphatic carbocycles. The first kappa shape index (κ1) is 48.2. The van der Waals surface area contributed by atoms with E-state index in [4.69, 9.17) is 18.5 Å². The second-order valence-electron chi connectivity index (χ2n) is 13.1. The van der Waals surface area contributed by atoms with Crippen molar-refractivity contribution < 1.29 is 37.6 Å². The zero-order valence-corrected chi connectivity index (χ0v) is 33.0. The number of hydrogen-bond acceptors (Lipinski definition) is 8. The van der Waals surface area contributed by atoms with Crippen LogP contribution in [0.4, 0.5) is 0 Å². The van der Waals surface area contributed by atoms with Crippen molar-refractivity contribution in [1.29, 1.82) is 0 Å². The van der Waals surface area contributed by atoms with E-state index in [9.17, 15) is 19.0 Å². The monoisotopic (exact) mass is 728 g/mol. The minimum atomic E-state index is -4.35. The number of carbonyl (C=O) groups excluding carboxylic acids is 2. The van der Waals surface area contributed by atoms with Crippen molar-refractivity contribution in [2.24, 2.45) is 0 Å². The summed E-state index contributed by atoms with van der Waals surface area (Å²) in [6.07, 6.45) is 37.7. The molecule has 292 valence electrons. The van der Waals surface area contributed by atoms with Crippen molar-refractivity contribution in [2.45, 2.75) is 174 Å². The van der Waals surface area contributed by atoms with E-state index in [1.54, 1.807) is 7.05 Å². The molecule has 2 atom stereocenters. The van der Waals surface area contributed by atoms with Gasteiger partial charge >= 0.3 is 19.8 Å². The number of phosphoric ester groups is 1. The number of unbranched alkanes of at least 4 members (excludes halogenated alkanes) is 17. The zero-order chi connectivity index (χ0) is 36.8. The van der Waals surface area contributed by atoms with Crippen LogP contribution >= 0.6 is 7.82 Å². The second-order valence-corrected chi connectivity index (χ2v) is 14.6. The third-order valence-electron chi connectivity index (χ3n) is 8.26. The van der Waals surface area contributed by atoms with Crippen molar-refractivity contribution in [1.82, 2.24) is 5.32 Å². The average molecular weight is 728 g/mol. The molecule has 10 heteroatoms. The first-order chi connectivity index (χ1) is 24.3. The van der Waals surface area contributed by atoms with Crippen LogP contribution < -0.4 is 5.32 Å². The summed E-state index contributed by atoms with van der Waals surface area (Å²) < 4.78 is 33.0. The molecule has 2 N–H and O–H groups in total. The van der Waals surface area contributed by atoms with Gasteiger partial charge in [0.05, 0.1) is 13.2 Å². The van der Waals surface area contributed by atoms with Crippen LogP contribution in [0.2, 0.25) is 0 Å². The van der Waals surface area contributed by atoms with Crippen LogP contribution in [-0.4, -0.2) is 56.3 Å². The van der Waals surface area contributed by atoms with Gasteiger partial charge in [0.15, 0.2) is 6.10 Å². The Bertz CT molecular complexity index is 923. The first-order valence-corrected chi connectivity index (χ1v) is 21.4. The highest BCUT2D eigenvalue weighted by molar-refractivity contribution is 7.47. The number of phosphoric acid groups is 1. The molecule has 50 heavy (non-hydrogen) atoms. The molecule has 0 aromatic heterocycles. The maximum Gasteiger partial charge on any atom is 0.472 e. The molecular formula is C40H74NO8P. The standard InChI is InChI=1S/C40H74NO8P/c1-4-6-8-10-12-14-16-17-18-19-20-21-23-25-27-29-31-33-40(43)49-38(37-48-50(44,45)47-35-34-41-3)36-46-39(42)32-30-28-26-24-22-15-13-11-9-7-5-2/h17-18,20-21,25,27,38,41H,4-16,19,22-24,26,28-37H2,1-3H3,(H,44,45)/b18-17-,21-20-,27-25-. The Labute approximate surface area is 306 Å². The predicted octanol–water partition coefficient (Wildman–Crippen LogP) is 10.9. The lowest BCUT2D eigenvalue weighted by atomic mass is 10.1. The van der Waals surface area contributed by atoms with Crippen molar-refractivity contribution in [3.8, 4) is 0 Å². The van der Waals surface area contributed by atoms with Crippen LogP contribution in [0.1, 0.15) is 168 Å². The highest BCUT2D eigenvalue weighted by Gasteiger charge is 2.26. The summed E-state index contributed by atoms with van der Waals surface area (Å²) in [4.78, 5) is 34.9. The number of esters is 2. The molecule has 9 nitrogen and oxygen atoms in total. The summed E-state index contributed by atoms with van der Waals surface area (Å²) in [5.41, 5.74) is 0. The number of likely N-dealkylation sites (N-methyl/N-ethyl adjacent to an activating group) is 1. The van der Waals surface area contributed by atoms with Gasteiger partial charge in [0.25, 0.3) is 0 Å². The molecule has 0 saturated heterocycles. The van der Waals surface area contributed by atoms with E-state index in [2.05, 4.69) is 49.5 Å². The number of hydrogen-bond donors (Lipinski definition) is 2. The minimum Gasteiger partial charge on any atom is -0.462 e. The van der Waals surface area contributed by atoms with Crippen LogP contribution in [0, 0.1) is 0 Å². The molecule has 0 bridgehead atoms. The molecule has 0 amide bonds. The molecule has 0 aliphatic heterocycles. The largest absolute Gasteiger partial charge is 0.472 e. The SMILES string of the molecule is CCCCCCCC/C=C\C/C=C\C/C=C\CCCC(=O)OC(COC(=O)CCCCCCCCCCCCC)COP(=O)(O)OCCNC. The minimum absolute atomic E-state index is 0.0255. The number of carbonyl (C=O) groups is 2. The smallest absolute Gasteiger partial charge is 0.462 e. The Morgan fingerprint density at radius 3 is 1.66 bits per heavy atom. The van der Waals surface area contributed by atoms with Gasteiger partial charge in [-0.25, -0.2) is 4.57 Å². The quantitative estimate of drug-likeness (QED) is 0.0279. The van der Waals surface area contributed by atoms with Crippen molar-refractivity contribution in [2.75, 3.05) is 33.4 Å². The summed E-state index contributed by atoms with van der Waals surface area (Å²) in [7, 11) is -2.66. The molecule has 0 aromatic carbocycles. The Morgan fingerprint density at radius 1 is 0.620 bits per heavy atom. The molecule has 0 spiro atoms. The van der Waals surface area contributed by atoms with Gasteiger partial charge in [-0.05, 0) is 52.0 Å². The molecule has 0 aromatic rings. The zero-order valence-electron chi connectivity index (χ0n) is 32.1. The Hall–Kier alpha value is -1.77. The maximum absolute atomic E-state index is 12.5. The maximum atomic E-state index is 12.5. The van der Waals surface area contributed by atoms with E-state index < -0.39 is 26.5 Å². The highest BCUT2D eigenvalue weighted by Crippen LogP contribution is 2.43. The first-order valence-electron chi connectivity index (χ1n) is 19.9. The van der Waals surface area contributed by atoms with Crippen molar-refractivity contribution >= 4 is 19.8 Å². The van der Waals surface area contributed by atoms with Crippen LogP contribution in [0.15, 0.2) is 36.5 Å². The predicted molar refractivity (Wildman–Crippen MR) is 206 cm³/mol. The summed E-state index contributed by atoms with van der Waals surface area (Å²) in [6.45, 7) is 4.14. The Kier molecular flexibility index (Phi) is 35.7. The molecule has 2 unspecified atom stereocenters. The van der Waals surface area contributed by atoms with Gasteiger partial charge in [-0.15, -0.1) is 0 Å². The highest BCUT2D eigenvalue weighted by atomic mass is 31.2. The summed E-state index contributed by atoms with van der Waals surface area (Å²) in [5, 5.41) is 2.81. The van der Waals surface area contributed by atoms with Crippen molar-refractivity contribution in [3.05, 3.63) is 36.5 Å². The lowest BCUT2D eigenvalue weighted by Crippen LogP contribution is -2.29. The fourth-order valence-electron chi connectivity index (χ4n) is 5.21. The fraction of sp³-hybridized carbons (Fsp3) is 0.800. The van der Waals surface area contributed by atoms with E-state index in [0.29, 0.717) is 13.0 Å². The molecule has 0 aliphatic rings. The molecule has 0 rings (SSSR count). The van der Waals surface area contributed by atoms with Gasteiger partial charge in [-0.1, -0.05) is 147 Å². The fourth-order valence-corrected chi connectivity index (χ4v) is 5.97. The lowest BCUT2D eigenvalue weighted by molar-refractivity contribution is -0.161. The van der Waals surface area contributed by atoms with E-state index in [1.165, 1.54) is 89.9 Å². The van der Waals surface area contributed by atoms with Crippen LogP contribution in [-0.2, 0) is 32.7 Å². The second kappa shape index (κ2) is 37.0. The van der Waals surface area contributed by atoms with E-state index in [0.717, 1.165) is 44.9 Å². The average Bonchev–Trinajstić information content (AvgIpc) is 3.09. The third kappa shape index (κ3) is 36.0. The van der Waals surface area contributed by atoms with Gasteiger partial charge in [0.1, 0.15) is 6.61 Å². The molecular weight excluding hydrogens is 653 g/mol. The van der Waals surface area contributed by atoms with E-state index in [-0.39, 0.29) is 32.0 Å². The number of rotatable bonds is 37. The van der Waals surface area contributed by atoms with Crippen molar-refractivity contribution in [3.63, 3.8) is 0 Å². The lowest BCUT2D eigenvalue weighted by Gasteiger charge is -2.20. The van der Waals surface area contributed by atoms with Crippen LogP contribution in [0.25, 0.3) is 0 Å². The number of nitrogens with one attached hydrogen (secondary N) is 1. The number of allylic oxidation sites excluding steroid dienone is 6. The summed E-state index contributed by atoms with van der Waals surface area (Å²) in [6, 6.07) is 0. The van der Waals surface area contributed by atoms with Gasteiger partial charge in [-0.3, -0.25) is 18.6 Å². The summed E-state index contributed by atoms with van der Waals surface area (Å²) >= 11 is 0. The summed E-state index contributed by atoms with van der Waals surface area (Å²) in [5.74, 6) is -0.868. The molecule has 0 radical (unpaired) electrons. The van der Waals surface area contributed by atoms with Gasteiger partial charge in [0, 0.05) is 19.4 Å². The van der Waals surface area contributed by atoms with Gasteiger partial charge in [0.2, 0.25) is 0 Å².